The molecule has 1 fully saturated rings. The third-order valence-electron chi connectivity index (χ3n) is 4.61. The number of allylic oxidation sites excluding steroid dienone is 1. The van der Waals surface area contributed by atoms with Crippen LogP contribution in [0.2, 0.25) is 0 Å². The van der Waals surface area contributed by atoms with Gasteiger partial charge >= 0.3 is 5.97 Å². The van der Waals surface area contributed by atoms with Crippen LogP contribution < -0.4 is 0 Å². The number of carbonyl (C=O) groups is 1. The zero-order valence-electron chi connectivity index (χ0n) is 11.2. The molecule has 3 rings (SSSR count). The van der Waals surface area contributed by atoms with Crippen molar-refractivity contribution >= 4 is 5.97 Å². The van der Waals surface area contributed by atoms with E-state index < -0.39 is 6.10 Å². The number of rotatable bonds is 0. The molecule has 2 aliphatic carbocycles. The van der Waals surface area contributed by atoms with Gasteiger partial charge in [0.25, 0.3) is 0 Å². The topological polar surface area (TPSA) is 46.5 Å². The molecule has 2 unspecified atom stereocenters. The summed E-state index contributed by atoms with van der Waals surface area (Å²) in [6.45, 7) is 6.88. The minimum absolute atomic E-state index is 0.182. The Kier molecular flexibility index (Phi) is 2.46. The van der Waals surface area contributed by atoms with Gasteiger partial charge in [-0.15, -0.1) is 0 Å². The van der Waals surface area contributed by atoms with Gasteiger partial charge < -0.3 is 9.84 Å². The van der Waals surface area contributed by atoms with E-state index in [1.54, 1.807) is 0 Å². The van der Waals surface area contributed by atoms with Crippen molar-refractivity contribution in [1.82, 2.24) is 0 Å². The summed E-state index contributed by atoms with van der Waals surface area (Å²) in [6, 6.07) is 0. The van der Waals surface area contributed by atoms with Crippen LogP contribution >= 0.6 is 0 Å². The first-order valence-corrected chi connectivity index (χ1v) is 6.65. The van der Waals surface area contributed by atoms with Crippen LogP contribution in [0.25, 0.3) is 0 Å². The maximum absolute atomic E-state index is 11.7. The molecule has 1 aliphatic heterocycles. The van der Waals surface area contributed by atoms with Crippen molar-refractivity contribution in [2.24, 2.45) is 11.3 Å². The van der Waals surface area contributed by atoms with Crippen molar-refractivity contribution in [2.45, 2.75) is 46.1 Å². The number of fused-ring (bicyclic) bond motifs is 1. The second-order valence-corrected chi connectivity index (χ2v) is 6.66. The normalized spacial score (nSPS) is 34.3. The molecule has 3 nitrogen and oxygen atoms in total. The summed E-state index contributed by atoms with van der Waals surface area (Å²) in [7, 11) is 0. The SMILES string of the molecule is CC1=C2CC(C)(C)CC2C(O)C2=C(C1)C(=O)OC2. The number of hydrogen-bond acceptors (Lipinski definition) is 3. The number of ether oxygens (including phenoxy) is 1. The van der Waals surface area contributed by atoms with Crippen molar-refractivity contribution in [3.05, 3.63) is 22.3 Å². The smallest absolute Gasteiger partial charge is 0.334 e. The average molecular weight is 248 g/mol. The third-order valence-corrected chi connectivity index (χ3v) is 4.61. The fraction of sp³-hybridized carbons (Fsp3) is 0.667. The van der Waals surface area contributed by atoms with Crippen LogP contribution in [-0.2, 0) is 9.53 Å². The van der Waals surface area contributed by atoms with E-state index in [1.165, 1.54) is 11.1 Å². The lowest BCUT2D eigenvalue weighted by molar-refractivity contribution is -0.136. The van der Waals surface area contributed by atoms with Gasteiger partial charge in [0, 0.05) is 23.5 Å². The van der Waals surface area contributed by atoms with Crippen molar-refractivity contribution in [3.8, 4) is 0 Å². The Morgan fingerprint density at radius 2 is 2.06 bits per heavy atom. The number of aliphatic hydroxyl groups is 1. The highest BCUT2D eigenvalue weighted by Crippen LogP contribution is 2.51. The van der Waals surface area contributed by atoms with Crippen LogP contribution in [0.4, 0.5) is 0 Å². The summed E-state index contributed by atoms with van der Waals surface area (Å²) in [5.74, 6) is -0.0507. The lowest BCUT2D eigenvalue weighted by Gasteiger charge is -2.21. The van der Waals surface area contributed by atoms with Crippen LogP contribution in [0.3, 0.4) is 0 Å². The van der Waals surface area contributed by atoms with Gasteiger partial charge in [0.05, 0.1) is 6.10 Å². The first-order chi connectivity index (χ1) is 8.39. The second kappa shape index (κ2) is 3.70. The van der Waals surface area contributed by atoms with Crippen molar-refractivity contribution in [1.29, 1.82) is 0 Å². The summed E-state index contributed by atoms with van der Waals surface area (Å²) in [5, 5.41) is 10.6. The Balaban J connectivity index is 2.05. The Morgan fingerprint density at radius 3 is 2.78 bits per heavy atom. The maximum Gasteiger partial charge on any atom is 0.334 e. The molecule has 3 heteroatoms. The first-order valence-electron chi connectivity index (χ1n) is 6.65. The number of carbonyl (C=O) groups excluding carboxylic acids is 1. The highest BCUT2D eigenvalue weighted by atomic mass is 16.5. The largest absolute Gasteiger partial charge is 0.458 e. The molecule has 1 N–H and O–H groups in total. The van der Waals surface area contributed by atoms with Crippen LogP contribution in [0, 0.1) is 11.3 Å². The summed E-state index contributed by atoms with van der Waals surface area (Å²) >= 11 is 0. The van der Waals surface area contributed by atoms with E-state index in [-0.39, 0.29) is 23.9 Å². The minimum Gasteiger partial charge on any atom is -0.458 e. The number of esters is 1. The van der Waals surface area contributed by atoms with Crippen LogP contribution in [0.15, 0.2) is 22.3 Å². The molecular formula is C15H20O3. The standard InChI is InChI=1S/C15H20O3/c1-8-4-9-12(7-18-14(9)17)13(16)11-6-15(2,3)5-10(8)11/h11,13,16H,4-7H2,1-3H3. The van der Waals surface area contributed by atoms with Gasteiger partial charge in [-0.1, -0.05) is 25.0 Å². The van der Waals surface area contributed by atoms with Gasteiger partial charge in [0.15, 0.2) is 0 Å². The average Bonchev–Trinajstić information content (AvgIpc) is 2.77. The molecule has 0 spiro atoms. The van der Waals surface area contributed by atoms with E-state index in [9.17, 15) is 9.90 Å². The monoisotopic (exact) mass is 248 g/mol. The summed E-state index contributed by atoms with van der Waals surface area (Å²) in [4.78, 5) is 11.7. The van der Waals surface area contributed by atoms with Gasteiger partial charge in [-0.2, -0.15) is 0 Å². The zero-order chi connectivity index (χ0) is 13.1. The summed E-state index contributed by atoms with van der Waals surface area (Å²) in [6.07, 6.45) is 2.16. The number of hydrogen-bond donors (Lipinski definition) is 1. The predicted molar refractivity (Wildman–Crippen MR) is 67.8 cm³/mol. The van der Waals surface area contributed by atoms with Crippen LogP contribution in [-0.4, -0.2) is 23.8 Å². The molecule has 1 saturated carbocycles. The summed E-state index contributed by atoms with van der Waals surface area (Å²) in [5.41, 5.74) is 4.42. The lowest BCUT2D eigenvalue weighted by Crippen LogP contribution is -2.23. The second-order valence-electron chi connectivity index (χ2n) is 6.66. The fourth-order valence-corrected chi connectivity index (χ4v) is 3.73. The highest BCUT2D eigenvalue weighted by molar-refractivity contribution is 5.92. The van der Waals surface area contributed by atoms with Crippen molar-refractivity contribution in [2.75, 3.05) is 6.61 Å². The van der Waals surface area contributed by atoms with Crippen LogP contribution in [0.1, 0.15) is 40.0 Å². The van der Waals surface area contributed by atoms with Crippen LogP contribution in [0.5, 0.6) is 0 Å². The molecule has 0 radical (unpaired) electrons. The van der Waals surface area contributed by atoms with Gasteiger partial charge in [0.1, 0.15) is 6.61 Å². The Morgan fingerprint density at radius 1 is 1.33 bits per heavy atom. The first kappa shape index (κ1) is 12.0. The van der Waals surface area contributed by atoms with Gasteiger partial charge in [-0.25, -0.2) is 4.79 Å². The minimum atomic E-state index is -0.527. The molecule has 0 saturated heterocycles. The van der Waals surface area contributed by atoms with E-state index in [0.717, 1.165) is 18.4 Å². The Bertz CT molecular complexity index is 482. The Hall–Kier alpha value is -1.09. The van der Waals surface area contributed by atoms with Crippen molar-refractivity contribution < 1.29 is 14.6 Å². The van der Waals surface area contributed by atoms with Gasteiger partial charge in [0.2, 0.25) is 0 Å². The van der Waals surface area contributed by atoms with E-state index in [4.69, 9.17) is 4.74 Å². The van der Waals surface area contributed by atoms with Crippen molar-refractivity contribution in [3.63, 3.8) is 0 Å². The number of aliphatic hydroxyl groups excluding tert-OH is 1. The molecule has 2 atom stereocenters. The van der Waals surface area contributed by atoms with E-state index in [2.05, 4.69) is 20.8 Å². The quantitative estimate of drug-likeness (QED) is 0.529. The maximum atomic E-state index is 11.7. The predicted octanol–water partition coefficient (Wildman–Crippen LogP) is 2.36. The molecule has 98 valence electrons. The van der Waals surface area contributed by atoms with Gasteiger partial charge in [-0.05, 0) is 25.2 Å². The summed E-state index contributed by atoms with van der Waals surface area (Å²) < 4.78 is 5.08. The highest BCUT2D eigenvalue weighted by Gasteiger charge is 2.44. The Labute approximate surface area is 108 Å². The van der Waals surface area contributed by atoms with E-state index in [1.807, 2.05) is 0 Å². The zero-order valence-corrected chi connectivity index (χ0v) is 11.2. The molecule has 0 aromatic rings. The molecule has 0 aromatic heterocycles. The molecule has 0 amide bonds. The van der Waals surface area contributed by atoms with Gasteiger partial charge in [-0.3, -0.25) is 0 Å². The molecular weight excluding hydrogens is 228 g/mol. The molecule has 18 heavy (non-hydrogen) atoms. The van der Waals surface area contributed by atoms with E-state index >= 15 is 0 Å². The fourth-order valence-electron chi connectivity index (χ4n) is 3.73. The molecule has 0 bridgehead atoms. The lowest BCUT2D eigenvalue weighted by atomic mass is 9.87. The molecule has 1 heterocycles. The third kappa shape index (κ3) is 1.64. The molecule has 3 aliphatic rings. The van der Waals surface area contributed by atoms with E-state index in [0.29, 0.717) is 12.0 Å². The number of cyclic esters (lactones) is 1. The molecule has 0 aromatic carbocycles.